The van der Waals surface area contributed by atoms with Crippen LogP contribution in [0.15, 0.2) is 36.5 Å². The number of benzene rings is 1. The van der Waals surface area contributed by atoms with Gasteiger partial charge in [-0.15, -0.1) is 0 Å². The quantitative estimate of drug-likeness (QED) is 0.827. The number of aliphatic hydroxyl groups excluding tert-OH is 1. The summed E-state index contributed by atoms with van der Waals surface area (Å²) in [6.45, 7) is 2.07. The zero-order valence-electron chi connectivity index (χ0n) is 8.85. The maximum absolute atomic E-state index is 9.85. The Balaban J connectivity index is 2.38. The Morgan fingerprint density at radius 1 is 1.33 bits per heavy atom. The Bertz CT molecular complexity index is 453. The first-order valence-electron chi connectivity index (χ1n) is 5.34. The fourth-order valence-electron chi connectivity index (χ4n) is 1.73. The molecule has 1 unspecified atom stereocenters. The molecule has 1 N–H and O–H groups in total. The van der Waals surface area contributed by atoms with Crippen LogP contribution in [0.2, 0.25) is 0 Å². The van der Waals surface area contributed by atoms with E-state index in [1.54, 1.807) is 6.20 Å². The number of nitrogens with zero attached hydrogens (tertiary/aromatic N) is 1. The van der Waals surface area contributed by atoms with Gasteiger partial charge in [0.1, 0.15) is 0 Å². The molecule has 0 aliphatic rings. The second kappa shape index (κ2) is 4.41. The molecule has 0 saturated heterocycles. The lowest BCUT2D eigenvalue weighted by Gasteiger charge is -2.09. The van der Waals surface area contributed by atoms with Gasteiger partial charge in [-0.2, -0.15) is 0 Å². The predicted octanol–water partition coefficient (Wildman–Crippen LogP) is 3.07. The van der Waals surface area contributed by atoms with Crippen molar-refractivity contribution in [2.75, 3.05) is 0 Å². The maximum Gasteiger partial charge on any atom is 0.0790 e. The molecular weight excluding hydrogens is 186 g/mol. The van der Waals surface area contributed by atoms with E-state index in [1.807, 2.05) is 30.3 Å². The van der Waals surface area contributed by atoms with E-state index in [0.29, 0.717) is 0 Å². The number of hydrogen-bond donors (Lipinski definition) is 1. The third-order valence-electron chi connectivity index (χ3n) is 2.58. The third kappa shape index (κ3) is 2.16. The summed E-state index contributed by atoms with van der Waals surface area (Å²) >= 11 is 0. The van der Waals surface area contributed by atoms with Crippen molar-refractivity contribution in [3.63, 3.8) is 0 Å². The van der Waals surface area contributed by atoms with Crippen LogP contribution in [0.3, 0.4) is 0 Å². The molecule has 15 heavy (non-hydrogen) atoms. The Morgan fingerprint density at radius 2 is 2.20 bits per heavy atom. The third-order valence-corrected chi connectivity index (χ3v) is 2.58. The van der Waals surface area contributed by atoms with E-state index in [1.165, 1.54) is 0 Å². The number of aromatic nitrogens is 1. The molecule has 0 saturated carbocycles. The SMILES string of the molecule is CCCC(O)c1ccc2cccnc2c1. The first kappa shape index (κ1) is 10.1. The highest BCUT2D eigenvalue weighted by atomic mass is 16.3. The molecule has 0 spiro atoms. The second-order valence-corrected chi connectivity index (χ2v) is 3.76. The van der Waals surface area contributed by atoms with Crippen molar-refractivity contribution in [3.8, 4) is 0 Å². The fourth-order valence-corrected chi connectivity index (χ4v) is 1.73. The highest BCUT2D eigenvalue weighted by Crippen LogP contribution is 2.21. The molecule has 2 aromatic rings. The molecule has 1 heterocycles. The van der Waals surface area contributed by atoms with Crippen molar-refractivity contribution in [2.45, 2.75) is 25.9 Å². The van der Waals surface area contributed by atoms with Crippen LogP contribution in [0.1, 0.15) is 31.4 Å². The number of hydrogen-bond acceptors (Lipinski definition) is 2. The van der Waals surface area contributed by atoms with Crippen molar-refractivity contribution < 1.29 is 5.11 Å². The number of aliphatic hydroxyl groups is 1. The van der Waals surface area contributed by atoms with Gasteiger partial charge in [-0.25, -0.2) is 0 Å². The first-order valence-corrected chi connectivity index (χ1v) is 5.34. The monoisotopic (exact) mass is 201 g/mol. The molecule has 0 aliphatic carbocycles. The van der Waals surface area contributed by atoms with Crippen molar-refractivity contribution in [1.82, 2.24) is 4.98 Å². The van der Waals surface area contributed by atoms with Crippen LogP contribution in [0.4, 0.5) is 0 Å². The van der Waals surface area contributed by atoms with Crippen LogP contribution in [-0.4, -0.2) is 10.1 Å². The highest BCUT2D eigenvalue weighted by molar-refractivity contribution is 5.78. The van der Waals surface area contributed by atoms with Crippen LogP contribution >= 0.6 is 0 Å². The zero-order chi connectivity index (χ0) is 10.7. The summed E-state index contributed by atoms with van der Waals surface area (Å²) in [5.41, 5.74) is 1.91. The largest absolute Gasteiger partial charge is 0.388 e. The molecule has 1 aromatic carbocycles. The van der Waals surface area contributed by atoms with Gasteiger partial charge in [-0.05, 0) is 24.1 Å². The van der Waals surface area contributed by atoms with Gasteiger partial charge in [0.15, 0.2) is 0 Å². The maximum atomic E-state index is 9.85. The van der Waals surface area contributed by atoms with E-state index < -0.39 is 0 Å². The van der Waals surface area contributed by atoms with E-state index in [-0.39, 0.29) is 6.10 Å². The topological polar surface area (TPSA) is 33.1 Å². The molecule has 0 amide bonds. The number of pyridine rings is 1. The second-order valence-electron chi connectivity index (χ2n) is 3.76. The van der Waals surface area contributed by atoms with Gasteiger partial charge in [-0.3, -0.25) is 4.98 Å². The summed E-state index contributed by atoms with van der Waals surface area (Å²) in [5.74, 6) is 0. The van der Waals surface area contributed by atoms with Crippen molar-refractivity contribution in [3.05, 3.63) is 42.1 Å². The zero-order valence-corrected chi connectivity index (χ0v) is 8.85. The summed E-state index contributed by atoms with van der Waals surface area (Å²) in [7, 11) is 0. The first-order chi connectivity index (χ1) is 7.31. The van der Waals surface area contributed by atoms with E-state index >= 15 is 0 Å². The standard InChI is InChI=1S/C13H15NO/c1-2-4-13(15)11-7-6-10-5-3-8-14-12(10)9-11/h3,5-9,13,15H,2,4H2,1H3. The van der Waals surface area contributed by atoms with Crippen LogP contribution in [-0.2, 0) is 0 Å². The lowest BCUT2D eigenvalue weighted by atomic mass is 10.0. The minimum Gasteiger partial charge on any atom is -0.388 e. The lowest BCUT2D eigenvalue weighted by molar-refractivity contribution is 0.166. The Morgan fingerprint density at radius 3 is 3.00 bits per heavy atom. The lowest BCUT2D eigenvalue weighted by Crippen LogP contribution is -1.96. The average molecular weight is 201 g/mol. The molecular formula is C13H15NO. The number of fused-ring (bicyclic) bond motifs is 1. The Hall–Kier alpha value is -1.41. The molecule has 2 rings (SSSR count). The van der Waals surface area contributed by atoms with Crippen LogP contribution in [0.25, 0.3) is 10.9 Å². The molecule has 78 valence electrons. The highest BCUT2D eigenvalue weighted by Gasteiger charge is 2.06. The minimum absolute atomic E-state index is 0.360. The van der Waals surface area contributed by atoms with Crippen LogP contribution in [0, 0.1) is 0 Å². The summed E-state index contributed by atoms with van der Waals surface area (Å²) in [6.07, 6.45) is 3.21. The van der Waals surface area contributed by atoms with E-state index in [4.69, 9.17) is 0 Å². The Kier molecular flexibility index (Phi) is 2.97. The van der Waals surface area contributed by atoms with Crippen molar-refractivity contribution >= 4 is 10.9 Å². The van der Waals surface area contributed by atoms with Crippen molar-refractivity contribution in [1.29, 1.82) is 0 Å². The van der Waals surface area contributed by atoms with Crippen molar-refractivity contribution in [2.24, 2.45) is 0 Å². The van der Waals surface area contributed by atoms with Gasteiger partial charge < -0.3 is 5.11 Å². The Labute approximate surface area is 89.6 Å². The van der Waals surface area contributed by atoms with Gasteiger partial charge >= 0.3 is 0 Å². The summed E-state index contributed by atoms with van der Waals surface area (Å²) in [6, 6.07) is 9.90. The number of rotatable bonds is 3. The molecule has 0 aliphatic heterocycles. The molecule has 1 atom stereocenters. The summed E-state index contributed by atoms with van der Waals surface area (Å²) in [4.78, 5) is 4.27. The van der Waals surface area contributed by atoms with Crippen LogP contribution < -0.4 is 0 Å². The normalized spacial score (nSPS) is 12.9. The summed E-state index contributed by atoms with van der Waals surface area (Å²) in [5, 5.41) is 11.0. The smallest absolute Gasteiger partial charge is 0.0790 e. The molecule has 1 aromatic heterocycles. The molecule has 0 radical (unpaired) electrons. The molecule has 0 bridgehead atoms. The van der Waals surface area contributed by atoms with Gasteiger partial charge in [-0.1, -0.05) is 31.5 Å². The van der Waals surface area contributed by atoms with Gasteiger partial charge in [0, 0.05) is 11.6 Å². The summed E-state index contributed by atoms with van der Waals surface area (Å²) < 4.78 is 0. The molecule has 0 fully saturated rings. The van der Waals surface area contributed by atoms with Gasteiger partial charge in [0.2, 0.25) is 0 Å². The van der Waals surface area contributed by atoms with Crippen LogP contribution in [0.5, 0.6) is 0 Å². The molecule has 2 nitrogen and oxygen atoms in total. The van der Waals surface area contributed by atoms with Gasteiger partial charge in [0.25, 0.3) is 0 Å². The van der Waals surface area contributed by atoms with E-state index in [9.17, 15) is 5.11 Å². The van der Waals surface area contributed by atoms with Gasteiger partial charge in [0.05, 0.1) is 11.6 Å². The predicted molar refractivity (Wildman–Crippen MR) is 61.6 cm³/mol. The fraction of sp³-hybridized carbons (Fsp3) is 0.308. The average Bonchev–Trinajstić information content (AvgIpc) is 2.29. The van der Waals surface area contributed by atoms with E-state index in [2.05, 4.69) is 11.9 Å². The van der Waals surface area contributed by atoms with E-state index in [0.717, 1.165) is 29.3 Å². The molecule has 2 heteroatoms. The minimum atomic E-state index is -0.360.